The SMILES string of the molecule is CCCC1(O)CN(C(=O)c2ccc(Br)c(N)c2)C1. The van der Waals surface area contributed by atoms with Crippen LogP contribution >= 0.6 is 15.9 Å². The van der Waals surface area contributed by atoms with E-state index in [1.54, 1.807) is 23.1 Å². The zero-order valence-corrected chi connectivity index (χ0v) is 11.9. The van der Waals surface area contributed by atoms with Gasteiger partial charge in [0, 0.05) is 15.7 Å². The number of benzene rings is 1. The zero-order valence-electron chi connectivity index (χ0n) is 10.3. The minimum absolute atomic E-state index is 0.0741. The maximum Gasteiger partial charge on any atom is 0.254 e. The zero-order chi connectivity index (χ0) is 13.3. The Kier molecular flexibility index (Phi) is 3.64. The van der Waals surface area contributed by atoms with Gasteiger partial charge in [0.1, 0.15) is 0 Å². The van der Waals surface area contributed by atoms with Crippen LogP contribution < -0.4 is 5.73 Å². The number of carbonyl (C=O) groups excluding carboxylic acids is 1. The summed E-state index contributed by atoms with van der Waals surface area (Å²) in [7, 11) is 0. The average molecular weight is 313 g/mol. The quantitative estimate of drug-likeness (QED) is 0.839. The van der Waals surface area contributed by atoms with Crippen LogP contribution in [-0.2, 0) is 0 Å². The Hall–Kier alpha value is -1.07. The molecular formula is C13H17BrN2O2. The lowest BCUT2D eigenvalue weighted by Crippen LogP contribution is -2.63. The number of rotatable bonds is 3. The molecule has 0 spiro atoms. The van der Waals surface area contributed by atoms with Crippen molar-refractivity contribution in [2.45, 2.75) is 25.4 Å². The van der Waals surface area contributed by atoms with Gasteiger partial charge in [-0.3, -0.25) is 4.79 Å². The number of aliphatic hydroxyl groups is 1. The monoisotopic (exact) mass is 312 g/mol. The van der Waals surface area contributed by atoms with Crippen LogP contribution in [0.15, 0.2) is 22.7 Å². The van der Waals surface area contributed by atoms with Gasteiger partial charge in [-0.1, -0.05) is 13.3 Å². The fourth-order valence-electron chi connectivity index (χ4n) is 2.29. The molecule has 1 amide bonds. The number of hydrogen-bond donors (Lipinski definition) is 2. The van der Waals surface area contributed by atoms with Gasteiger partial charge in [-0.15, -0.1) is 0 Å². The van der Waals surface area contributed by atoms with Crippen molar-refractivity contribution in [3.63, 3.8) is 0 Å². The molecule has 0 bridgehead atoms. The number of hydrogen-bond acceptors (Lipinski definition) is 3. The number of carbonyl (C=O) groups is 1. The van der Waals surface area contributed by atoms with Crippen LogP contribution in [0.5, 0.6) is 0 Å². The molecule has 0 atom stereocenters. The molecule has 18 heavy (non-hydrogen) atoms. The Morgan fingerprint density at radius 2 is 2.22 bits per heavy atom. The molecule has 5 heteroatoms. The van der Waals surface area contributed by atoms with Crippen molar-refractivity contribution in [1.29, 1.82) is 0 Å². The molecule has 1 heterocycles. The maximum atomic E-state index is 12.1. The number of anilines is 1. The van der Waals surface area contributed by atoms with E-state index in [-0.39, 0.29) is 5.91 Å². The van der Waals surface area contributed by atoms with Crippen LogP contribution in [0.2, 0.25) is 0 Å². The third-order valence-electron chi connectivity index (χ3n) is 3.22. The Labute approximate surface area is 115 Å². The molecule has 1 aliphatic rings. The van der Waals surface area contributed by atoms with Crippen LogP contribution in [0, 0.1) is 0 Å². The summed E-state index contributed by atoms with van der Waals surface area (Å²) in [6.07, 6.45) is 1.66. The lowest BCUT2D eigenvalue weighted by Gasteiger charge is -2.46. The molecule has 1 aromatic rings. The second kappa shape index (κ2) is 4.90. The Bertz CT molecular complexity index is 470. The molecule has 2 rings (SSSR count). The van der Waals surface area contributed by atoms with Gasteiger partial charge in [0.2, 0.25) is 0 Å². The first-order chi connectivity index (χ1) is 8.45. The number of nitrogens with zero attached hydrogens (tertiary/aromatic N) is 1. The highest BCUT2D eigenvalue weighted by atomic mass is 79.9. The van der Waals surface area contributed by atoms with Crippen LogP contribution in [0.1, 0.15) is 30.1 Å². The molecule has 1 aliphatic heterocycles. The number of β-amino-alcohol motifs (C(OH)–C–C–N with tert-alkyl or cyclic N) is 1. The van der Waals surface area contributed by atoms with Gasteiger partial charge in [-0.2, -0.15) is 0 Å². The van der Waals surface area contributed by atoms with E-state index in [0.717, 1.165) is 17.3 Å². The molecular weight excluding hydrogens is 296 g/mol. The molecule has 0 aliphatic carbocycles. The van der Waals surface area contributed by atoms with Gasteiger partial charge in [0.15, 0.2) is 0 Å². The van der Waals surface area contributed by atoms with Gasteiger partial charge >= 0.3 is 0 Å². The van der Waals surface area contributed by atoms with E-state index in [2.05, 4.69) is 15.9 Å². The van der Waals surface area contributed by atoms with E-state index in [9.17, 15) is 9.90 Å². The van der Waals surface area contributed by atoms with Crippen LogP contribution in [0.25, 0.3) is 0 Å². The first-order valence-corrected chi connectivity index (χ1v) is 6.81. The minimum atomic E-state index is -0.689. The second-order valence-electron chi connectivity index (χ2n) is 4.87. The topological polar surface area (TPSA) is 66.6 Å². The van der Waals surface area contributed by atoms with Crippen molar-refractivity contribution in [3.8, 4) is 0 Å². The maximum absolute atomic E-state index is 12.1. The van der Waals surface area contributed by atoms with Crippen LogP contribution in [0.3, 0.4) is 0 Å². The summed E-state index contributed by atoms with van der Waals surface area (Å²) >= 11 is 3.30. The van der Waals surface area contributed by atoms with E-state index in [1.807, 2.05) is 6.92 Å². The van der Waals surface area contributed by atoms with E-state index in [1.165, 1.54) is 0 Å². The van der Waals surface area contributed by atoms with E-state index in [4.69, 9.17) is 5.73 Å². The van der Waals surface area contributed by atoms with Crippen molar-refractivity contribution < 1.29 is 9.90 Å². The van der Waals surface area contributed by atoms with Gasteiger partial charge < -0.3 is 15.7 Å². The summed E-state index contributed by atoms with van der Waals surface area (Å²) in [5.74, 6) is -0.0741. The largest absolute Gasteiger partial charge is 0.398 e. The lowest BCUT2D eigenvalue weighted by atomic mass is 9.89. The van der Waals surface area contributed by atoms with Crippen LogP contribution in [-0.4, -0.2) is 34.6 Å². The number of amides is 1. The predicted octanol–water partition coefficient (Wildman–Crippen LogP) is 2.02. The Morgan fingerprint density at radius 1 is 1.56 bits per heavy atom. The molecule has 0 saturated carbocycles. The summed E-state index contributed by atoms with van der Waals surface area (Å²) in [6, 6.07) is 5.16. The Balaban J connectivity index is 2.03. The first-order valence-electron chi connectivity index (χ1n) is 6.02. The number of likely N-dealkylation sites (tertiary alicyclic amines) is 1. The third-order valence-corrected chi connectivity index (χ3v) is 3.94. The van der Waals surface area contributed by atoms with Gasteiger partial charge in [-0.05, 0) is 40.5 Å². The molecule has 3 N–H and O–H groups in total. The predicted molar refractivity (Wildman–Crippen MR) is 74.3 cm³/mol. The molecule has 0 radical (unpaired) electrons. The molecule has 0 aromatic heterocycles. The highest BCUT2D eigenvalue weighted by Crippen LogP contribution is 2.28. The molecule has 0 unspecified atom stereocenters. The molecule has 1 aromatic carbocycles. The third kappa shape index (κ3) is 2.52. The average Bonchev–Trinajstić information content (AvgIpc) is 2.29. The van der Waals surface area contributed by atoms with Gasteiger partial charge in [0.05, 0.1) is 18.7 Å². The summed E-state index contributed by atoms with van der Waals surface area (Å²) < 4.78 is 0.783. The lowest BCUT2D eigenvalue weighted by molar-refractivity contribution is -0.0860. The summed E-state index contributed by atoms with van der Waals surface area (Å²) in [5.41, 5.74) is 6.17. The van der Waals surface area contributed by atoms with Crippen molar-refractivity contribution in [3.05, 3.63) is 28.2 Å². The summed E-state index contributed by atoms with van der Waals surface area (Å²) in [6.45, 7) is 2.85. The number of halogens is 1. The van der Waals surface area contributed by atoms with Crippen molar-refractivity contribution in [1.82, 2.24) is 4.90 Å². The molecule has 1 saturated heterocycles. The number of nitrogens with two attached hydrogens (primary N) is 1. The first kappa shape index (κ1) is 13.4. The normalized spacial score (nSPS) is 17.4. The fourth-order valence-corrected chi connectivity index (χ4v) is 2.54. The molecule has 98 valence electrons. The van der Waals surface area contributed by atoms with E-state index >= 15 is 0 Å². The Morgan fingerprint density at radius 3 is 2.78 bits per heavy atom. The van der Waals surface area contributed by atoms with E-state index in [0.29, 0.717) is 24.3 Å². The summed E-state index contributed by atoms with van der Waals surface area (Å²) in [5, 5.41) is 10.0. The van der Waals surface area contributed by atoms with Crippen molar-refractivity contribution in [2.75, 3.05) is 18.8 Å². The second-order valence-corrected chi connectivity index (χ2v) is 5.73. The van der Waals surface area contributed by atoms with E-state index < -0.39 is 5.60 Å². The molecule has 1 fully saturated rings. The molecule has 4 nitrogen and oxygen atoms in total. The van der Waals surface area contributed by atoms with Crippen LogP contribution in [0.4, 0.5) is 5.69 Å². The minimum Gasteiger partial charge on any atom is -0.398 e. The smallest absolute Gasteiger partial charge is 0.254 e. The van der Waals surface area contributed by atoms with Gasteiger partial charge in [-0.25, -0.2) is 0 Å². The highest BCUT2D eigenvalue weighted by molar-refractivity contribution is 9.10. The number of nitrogen functional groups attached to an aromatic ring is 1. The summed E-state index contributed by atoms with van der Waals surface area (Å²) in [4.78, 5) is 13.8. The standard InChI is InChI=1S/C13H17BrN2O2/c1-2-5-13(18)7-16(8-13)12(17)9-3-4-10(14)11(15)6-9/h3-4,6,18H,2,5,7-8,15H2,1H3. The van der Waals surface area contributed by atoms with Gasteiger partial charge in [0.25, 0.3) is 5.91 Å². The fraction of sp³-hybridized carbons (Fsp3) is 0.462. The van der Waals surface area contributed by atoms with Crippen molar-refractivity contribution in [2.24, 2.45) is 0 Å². The van der Waals surface area contributed by atoms with Crippen molar-refractivity contribution >= 4 is 27.5 Å². The highest BCUT2D eigenvalue weighted by Gasteiger charge is 2.42.